The third-order valence-electron chi connectivity index (χ3n) is 5.20. The summed E-state index contributed by atoms with van der Waals surface area (Å²) in [5.74, 6) is 1.02. The number of thiophene rings is 1. The summed E-state index contributed by atoms with van der Waals surface area (Å²) < 4.78 is 1.47. The van der Waals surface area contributed by atoms with Gasteiger partial charge in [-0.05, 0) is 48.3 Å². The van der Waals surface area contributed by atoms with Crippen LogP contribution in [0.4, 0.5) is 5.69 Å². The third kappa shape index (κ3) is 1.73. The summed E-state index contributed by atoms with van der Waals surface area (Å²) in [6, 6.07) is 7.55. The first-order chi connectivity index (χ1) is 9.88. The lowest BCUT2D eigenvalue weighted by atomic mass is 9.94. The Labute approximate surface area is 124 Å². The number of rotatable bonds is 2. The van der Waals surface area contributed by atoms with Crippen LogP contribution in [0.15, 0.2) is 23.6 Å². The Morgan fingerprint density at radius 1 is 1.20 bits per heavy atom. The number of hydrogen-bond acceptors (Lipinski definition) is 3. The summed E-state index contributed by atoms with van der Waals surface area (Å²) in [4.78, 5) is 5.40. The Hall–Kier alpha value is -1.06. The van der Waals surface area contributed by atoms with Crippen molar-refractivity contribution in [2.45, 2.75) is 25.3 Å². The van der Waals surface area contributed by atoms with E-state index in [1.54, 1.807) is 10.9 Å². The second kappa shape index (κ2) is 4.22. The van der Waals surface area contributed by atoms with Gasteiger partial charge in [0.2, 0.25) is 0 Å². The fourth-order valence-corrected chi connectivity index (χ4v) is 5.01. The molecule has 1 unspecified atom stereocenters. The zero-order chi connectivity index (χ0) is 13.1. The van der Waals surface area contributed by atoms with E-state index in [0.29, 0.717) is 6.04 Å². The molecule has 0 N–H and O–H groups in total. The van der Waals surface area contributed by atoms with Crippen LogP contribution in [0, 0.1) is 5.92 Å². The standard InChI is InChI=1S/C17H20N2S/c1-2-15-17-13(11-20-16(17)3-1)8-14-10-18(6-7-19(14)15)9-12-4-5-12/h1-3,11-12,14H,4-10H2. The lowest BCUT2D eigenvalue weighted by Gasteiger charge is -2.45. The van der Waals surface area contributed by atoms with Crippen molar-refractivity contribution in [3.8, 4) is 0 Å². The fourth-order valence-electron chi connectivity index (χ4n) is 4.02. The monoisotopic (exact) mass is 284 g/mol. The molecule has 104 valence electrons. The van der Waals surface area contributed by atoms with Crippen LogP contribution in [0.25, 0.3) is 10.1 Å². The smallest absolute Gasteiger partial charge is 0.0460 e. The molecule has 1 aliphatic carbocycles. The molecule has 3 heterocycles. The second-order valence-corrected chi connectivity index (χ2v) is 7.58. The van der Waals surface area contributed by atoms with Crippen LogP contribution in [0.5, 0.6) is 0 Å². The number of hydrogen-bond donors (Lipinski definition) is 0. The molecule has 2 aliphatic heterocycles. The third-order valence-corrected chi connectivity index (χ3v) is 6.20. The molecule has 0 spiro atoms. The average molecular weight is 284 g/mol. The Bertz CT molecular complexity index is 658. The maximum absolute atomic E-state index is 2.72. The van der Waals surface area contributed by atoms with Gasteiger partial charge in [-0.15, -0.1) is 11.3 Å². The number of piperazine rings is 1. The predicted molar refractivity (Wildman–Crippen MR) is 85.8 cm³/mol. The first-order valence-corrected chi connectivity index (χ1v) is 8.74. The molecule has 20 heavy (non-hydrogen) atoms. The van der Waals surface area contributed by atoms with E-state index >= 15 is 0 Å². The van der Waals surface area contributed by atoms with E-state index in [0.717, 1.165) is 5.92 Å². The highest BCUT2D eigenvalue weighted by Gasteiger charge is 2.34. The lowest BCUT2D eigenvalue weighted by molar-refractivity contribution is 0.213. The van der Waals surface area contributed by atoms with E-state index in [9.17, 15) is 0 Å². The van der Waals surface area contributed by atoms with Crippen molar-refractivity contribution >= 4 is 27.1 Å². The summed E-state index contributed by atoms with van der Waals surface area (Å²) in [5.41, 5.74) is 3.09. The maximum atomic E-state index is 2.72. The van der Waals surface area contributed by atoms with E-state index in [1.807, 2.05) is 11.3 Å². The quantitative estimate of drug-likeness (QED) is 0.834. The minimum absolute atomic E-state index is 0.704. The van der Waals surface area contributed by atoms with Crippen LogP contribution in [0.2, 0.25) is 0 Å². The van der Waals surface area contributed by atoms with Crippen molar-refractivity contribution in [3.63, 3.8) is 0 Å². The van der Waals surface area contributed by atoms with Crippen molar-refractivity contribution in [2.75, 3.05) is 31.1 Å². The van der Waals surface area contributed by atoms with Gasteiger partial charge in [0.15, 0.2) is 0 Å². The minimum atomic E-state index is 0.704. The minimum Gasteiger partial charge on any atom is -0.365 e. The van der Waals surface area contributed by atoms with Gasteiger partial charge in [0.1, 0.15) is 0 Å². The largest absolute Gasteiger partial charge is 0.365 e. The molecule has 0 radical (unpaired) electrons. The first kappa shape index (κ1) is 11.6. The molecule has 1 aromatic heterocycles. The molecule has 5 rings (SSSR count). The van der Waals surface area contributed by atoms with E-state index < -0.39 is 0 Å². The Morgan fingerprint density at radius 2 is 2.15 bits per heavy atom. The molecular weight excluding hydrogens is 264 g/mol. The predicted octanol–water partition coefficient (Wildman–Crippen LogP) is 3.36. The van der Waals surface area contributed by atoms with Crippen molar-refractivity contribution in [1.82, 2.24) is 4.90 Å². The fraction of sp³-hybridized carbons (Fsp3) is 0.529. The van der Waals surface area contributed by atoms with Gasteiger partial charge in [0.05, 0.1) is 0 Å². The van der Waals surface area contributed by atoms with Gasteiger partial charge in [-0.3, -0.25) is 4.90 Å². The van der Waals surface area contributed by atoms with Crippen molar-refractivity contribution < 1.29 is 0 Å². The highest BCUT2D eigenvalue weighted by atomic mass is 32.1. The molecule has 2 fully saturated rings. The zero-order valence-corrected chi connectivity index (χ0v) is 12.5. The number of fused-ring (bicyclic) bond motifs is 2. The van der Waals surface area contributed by atoms with Crippen LogP contribution in [0.3, 0.4) is 0 Å². The molecule has 1 saturated heterocycles. The van der Waals surface area contributed by atoms with Gasteiger partial charge in [0, 0.05) is 48.0 Å². The number of benzene rings is 1. The summed E-state index contributed by atoms with van der Waals surface area (Å²) in [5, 5.41) is 3.94. The van der Waals surface area contributed by atoms with Gasteiger partial charge in [-0.1, -0.05) is 6.07 Å². The van der Waals surface area contributed by atoms with Crippen LogP contribution in [-0.4, -0.2) is 37.1 Å². The first-order valence-electron chi connectivity index (χ1n) is 7.86. The average Bonchev–Trinajstić information content (AvgIpc) is 3.19. The molecule has 0 bridgehead atoms. The molecule has 3 heteroatoms. The molecule has 0 amide bonds. The molecule has 1 atom stereocenters. The van der Waals surface area contributed by atoms with Crippen LogP contribution in [-0.2, 0) is 6.42 Å². The Morgan fingerprint density at radius 3 is 3.05 bits per heavy atom. The summed E-state index contributed by atoms with van der Waals surface area (Å²) in [7, 11) is 0. The maximum Gasteiger partial charge on any atom is 0.0460 e. The summed E-state index contributed by atoms with van der Waals surface area (Å²) in [6.07, 6.45) is 4.19. The molecule has 1 aromatic carbocycles. The second-order valence-electron chi connectivity index (χ2n) is 6.67. The van der Waals surface area contributed by atoms with E-state index in [-0.39, 0.29) is 0 Å². The molecule has 3 aliphatic rings. The van der Waals surface area contributed by atoms with E-state index in [1.165, 1.54) is 55.8 Å². The SMILES string of the molecule is c1cc2c3c(csc3c1)CC1CN(CC3CC3)CCN21. The normalized spacial score (nSPS) is 26.0. The van der Waals surface area contributed by atoms with Crippen molar-refractivity contribution in [2.24, 2.45) is 5.92 Å². The van der Waals surface area contributed by atoms with Crippen LogP contribution >= 0.6 is 11.3 Å². The van der Waals surface area contributed by atoms with E-state index in [2.05, 4.69) is 33.4 Å². The summed E-state index contributed by atoms with van der Waals surface area (Å²) >= 11 is 1.92. The lowest BCUT2D eigenvalue weighted by Crippen LogP contribution is -2.55. The van der Waals surface area contributed by atoms with E-state index in [4.69, 9.17) is 0 Å². The molecule has 2 aromatic rings. The molecule has 1 saturated carbocycles. The van der Waals surface area contributed by atoms with Gasteiger partial charge in [0.25, 0.3) is 0 Å². The van der Waals surface area contributed by atoms with Crippen molar-refractivity contribution in [1.29, 1.82) is 0 Å². The van der Waals surface area contributed by atoms with Crippen LogP contribution < -0.4 is 4.90 Å². The van der Waals surface area contributed by atoms with Crippen LogP contribution in [0.1, 0.15) is 18.4 Å². The highest BCUT2D eigenvalue weighted by Crippen LogP contribution is 2.41. The highest BCUT2D eigenvalue weighted by molar-refractivity contribution is 7.17. The molecule has 2 nitrogen and oxygen atoms in total. The number of anilines is 1. The van der Waals surface area contributed by atoms with Gasteiger partial charge in [-0.2, -0.15) is 0 Å². The summed E-state index contributed by atoms with van der Waals surface area (Å²) in [6.45, 7) is 5.09. The Balaban J connectivity index is 1.48. The van der Waals surface area contributed by atoms with Gasteiger partial charge < -0.3 is 4.90 Å². The van der Waals surface area contributed by atoms with Gasteiger partial charge in [-0.25, -0.2) is 0 Å². The van der Waals surface area contributed by atoms with Crippen molar-refractivity contribution in [3.05, 3.63) is 29.1 Å². The Kier molecular flexibility index (Phi) is 2.44. The topological polar surface area (TPSA) is 6.48 Å². The van der Waals surface area contributed by atoms with Gasteiger partial charge >= 0.3 is 0 Å². The molecular formula is C17H20N2S. The number of nitrogens with zero attached hydrogens (tertiary/aromatic N) is 2. The zero-order valence-electron chi connectivity index (χ0n) is 11.7.